The van der Waals surface area contributed by atoms with Crippen LogP contribution in [0.4, 0.5) is 0 Å². The molecule has 0 aliphatic carbocycles. The summed E-state index contributed by atoms with van der Waals surface area (Å²) in [4.78, 5) is 25.9. The minimum absolute atomic E-state index is 0.169. The van der Waals surface area contributed by atoms with Gasteiger partial charge in [0.1, 0.15) is 6.04 Å². The zero-order valence-corrected chi connectivity index (χ0v) is 13.4. The summed E-state index contributed by atoms with van der Waals surface area (Å²) in [5.74, 6) is -0.524. The van der Waals surface area contributed by atoms with Gasteiger partial charge in [0, 0.05) is 16.6 Å². The summed E-state index contributed by atoms with van der Waals surface area (Å²) < 4.78 is 5.45. The lowest BCUT2D eigenvalue weighted by Crippen LogP contribution is -2.48. The summed E-state index contributed by atoms with van der Waals surface area (Å²) in [5.41, 5.74) is 0.511. The number of halogens is 2. The summed E-state index contributed by atoms with van der Waals surface area (Å²) in [5, 5.41) is 0.546. The van der Waals surface area contributed by atoms with Crippen LogP contribution in [0, 0.1) is 0 Å². The Hall–Kier alpha value is -1.07. The minimum atomic E-state index is -0.490. The van der Waals surface area contributed by atoms with Crippen molar-refractivity contribution in [3.8, 4) is 0 Å². The average molecular weight is 361 g/mol. The molecule has 1 aliphatic rings. The predicted molar refractivity (Wildman–Crippen MR) is 79.8 cm³/mol. The molecule has 0 radical (unpaired) electrons. The molecule has 1 fully saturated rings. The van der Waals surface area contributed by atoms with Gasteiger partial charge in [-0.3, -0.25) is 4.79 Å². The maximum Gasteiger partial charge on any atom is 0.328 e. The quantitative estimate of drug-likeness (QED) is 0.761. The van der Waals surface area contributed by atoms with Crippen LogP contribution >= 0.6 is 27.5 Å². The molecule has 1 amide bonds. The molecule has 0 aromatic heterocycles. The van der Waals surface area contributed by atoms with Crippen molar-refractivity contribution in [2.75, 3.05) is 13.7 Å². The lowest BCUT2D eigenvalue weighted by atomic mass is 10.0. The van der Waals surface area contributed by atoms with Crippen LogP contribution in [0.1, 0.15) is 29.6 Å². The lowest BCUT2D eigenvalue weighted by molar-refractivity contribution is -0.147. The third-order valence-corrected chi connectivity index (χ3v) is 4.62. The van der Waals surface area contributed by atoms with Crippen LogP contribution < -0.4 is 0 Å². The van der Waals surface area contributed by atoms with E-state index in [2.05, 4.69) is 15.9 Å². The Morgan fingerprint density at radius 2 is 2.15 bits per heavy atom. The van der Waals surface area contributed by atoms with Gasteiger partial charge in [0.05, 0.1) is 12.1 Å². The smallest absolute Gasteiger partial charge is 0.328 e. The molecule has 1 unspecified atom stereocenters. The fourth-order valence-corrected chi connectivity index (χ4v) is 2.85. The van der Waals surface area contributed by atoms with Gasteiger partial charge in [-0.1, -0.05) is 11.6 Å². The van der Waals surface area contributed by atoms with Crippen molar-refractivity contribution >= 4 is 39.4 Å². The van der Waals surface area contributed by atoms with E-state index in [1.807, 2.05) is 0 Å². The second-order valence-corrected chi connectivity index (χ2v) is 5.92. The van der Waals surface area contributed by atoms with Crippen molar-refractivity contribution in [1.82, 2.24) is 4.90 Å². The molecule has 1 heterocycles. The molecule has 1 aromatic carbocycles. The highest BCUT2D eigenvalue weighted by Gasteiger charge is 2.33. The Bertz CT molecular complexity index is 535. The fraction of sp³-hybridized carbons (Fsp3) is 0.429. The number of likely N-dealkylation sites (tertiary alicyclic amines) is 1. The molecule has 1 aliphatic heterocycles. The lowest BCUT2D eigenvalue weighted by Gasteiger charge is -2.33. The molecule has 2 rings (SSSR count). The average Bonchev–Trinajstić information content (AvgIpc) is 2.48. The second-order valence-electron chi connectivity index (χ2n) is 4.66. The number of hydrogen-bond acceptors (Lipinski definition) is 3. The van der Waals surface area contributed by atoms with E-state index in [0.29, 0.717) is 28.0 Å². The van der Waals surface area contributed by atoms with Gasteiger partial charge in [0.15, 0.2) is 0 Å². The number of rotatable bonds is 2. The largest absolute Gasteiger partial charge is 0.467 e. The van der Waals surface area contributed by atoms with Gasteiger partial charge >= 0.3 is 5.97 Å². The zero-order chi connectivity index (χ0) is 14.7. The molecule has 1 atom stereocenters. The van der Waals surface area contributed by atoms with E-state index in [4.69, 9.17) is 16.3 Å². The molecule has 4 nitrogen and oxygen atoms in total. The van der Waals surface area contributed by atoms with Gasteiger partial charge in [0.25, 0.3) is 5.91 Å². The number of benzene rings is 1. The van der Waals surface area contributed by atoms with Crippen molar-refractivity contribution in [2.24, 2.45) is 0 Å². The predicted octanol–water partition coefficient (Wildman–Crippen LogP) is 3.27. The van der Waals surface area contributed by atoms with Gasteiger partial charge < -0.3 is 9.64 Å². The number of esters is 1. The third-order valence-electron chi connectivity index (χ3n) is 3.40. The molecule has 6 heteroatoms. The van der Waals surface area contributed by atoms with Crippen molar-refractivity contribution < 1.29 is 14.3 Å². The molecule has 0 saturated carbocycles. The fourth-order valence-electron chi connectivity index (χ4n) is 2.35. The monoisotopic (exact) mass is 359 g/mol. The molecular weight excluding hydrogens is 346 g/mol. The van der Waals surface area contributed by atoms with Gasteiger partial charge in [-0.15, -0.1) is 0 Å². The topological polar surface area (TPSA) is 46.6 Å². The number of ether oxygens (including phenoxy) is 1. The molecular formula is C14H15BrClNO3. The van der Waals surface area contributed by atoms with Crippen LogP contribution in [0.25, 0.3) is 0 Å². The Morgan fingerprint density at radius 3 is 2.80 bits per heavy atom. The Morgan fingerprint density at radius 1 is 1.40 bits per heavy atom. The van der Waals surface area contributed by atoms with Crippen molar-refractivity contribution in [2.45, 2.75) is 25.3 Å². The van der Waals surface area contributed by atoms with Gasteiger partial charge in [0.2, 0.25) is 0 Å². The molecule has 0 N–H and O–H groups in total. The summed E-state index contributed by atoms with van der Waals surface area (Å²) in [6.07, 6.45) is 2.47. The van der Waals surface area contributed by atoms with E-state index >= 15 is 0 Å². The Labute approximate surface area is 131 Å². The van der Waals surface area contributed by atoms with E-state index in [9.17, 15) is 9.59 Å². The van der Waals surface area contributed by atoms with E-state index in [0.717, 1.165) is 12.8 Å². The Balaban J connectivity index is 2.25. The number of carbonyl (C=O) groups excluding carboxylic acids is 2. The van der Waals surface area contributed by atoms with Crippen LogP contribution in [0.5, 0.6) is 0 Å². The number of carbonyl (C=O) groups is 2. The van der Waals surface area contributed by atoms with Crippen LogP contribution in [0.2, 0.25) is 5.02 Å². The first-order valence-electron chi connectivity index (χ1n) is 6.38. The number of amides is 1. The maximum atomic E-state index is 12.5. The van der Waals surface area contributed by atoms with E-state index in [1.54, 1.807) is 23.1 Å². The molecule has 1 aromatic rings. The first-order valence-corrected chi connectivity index (χ1v) is 7.55. The number of piperidine rings is 1. The first kappa shape index (κ1) is 15.3. The van der Waals surface area contributed by atoms with E-state index in [1.165, 1.54) is 7.11 Å². The van der Waals surface area contributed by atoms with Crippen molar-refractivity contribution in [3.63, 3.8) is 0 Å². The third kappa shape index (κ3) is 3.15. The highest BCUT2D eigenvalue weighted by Crippen LogP contribution is 2.26. The molecule has 20 heavy (non-hydrogen) atoms. The van der Waals surface area contributed by atoms with Crippen LogP contribution in [-0.2, 0) is 9.53 Å². The SMILES string of the molecule is COC(=O)C1CCCCN1C(=O)c1ccc(Cl)c(Br)c1. The number of hydrogen-bond donors (Lipinski definition) is 0. The number of nitrogens with zero attached hydrogens (tertiary/aromatic N) is 1. The van der Waals surface area contributed by atoms with Crippen molar-refractivity contribution in [1.29, 1.82) is 0 Å². The molecule has 0 bridgehead atoms. The molecule has 1 saturated heterocycles. The van der Waals surface area contributed by atoms with Crippen LogP contribution in [0.15, 0.2) is 22.7 Å². The number of methoxy groups -OCH3 is 1. The van der Waals surface area contributed by atoms with E-state index < -0.39 is 6.04 Å². The Kier molecular flexibility index (Phi) is 5.05. The summed E-state index contributed by atoms with van der Waals surface area (Å²) in [6, 6.07) is 4.51. The summed E-state index contributed by atoms with van der Waals surface area (Å²) in [6.45, 7) is 0.568. The van der Waals surface area contributed by atoms with E-state index in [-0.39, 0.29) is 11.9 Å². The normalized spacial score (nSPS) is 18.8. The first-order chi connectivity index (χ1) is 9.54. The minimum Gasteiger partial charge on any atom is -0.467 e. The summed E-state index contributed by atoms with van der Waals surface area (Å²) in [7, 11) is 1.35. The van der Waals surface area contributed by atoms with Crippen LogP contribution in [-0.4, -0.2) is 36.5 Å². The maximum absolute atomic E-state index is 12.5. The second kappa shape index (κ2) is 6.59. The van der Waals surface area contributed by atoms with Gasteiger partial charge in [-0.05, 0) is 53.4 Å². The van der Waals surface area contributed by atoms with Crippen molar-refractivity contribution in [3.05, 3.63) is 33.3 Å². The highest BCUT2D eigenvalue weighted by atomic mass is 79.9. The van der Waals surface area contributed by atoms with Gasteiger partial charge in [-0.25, -0.2) is 4.79 Å². The highest BCUT2D eigenvalue weighted by molar-refractivity contribution is 9.10. The summed E-state index contributed by atoms with van der Waals surface area (Å²) >= 11 is 9.23. The molecule has 0 spiro atoms. The van der Waals surface area contributed by atoms with Gasteiger partial charge in [-0.2, -0.15) is 0 Å². The van der Waals surface area contributed by atoms with Crippen LogP contribution in [0.3, 0.4) is 0 Å². The zero-order valence-electron chi connectivity index (χ0n) is 11.1. The standard InChI is InChI=1S/C14H15BrClNO3/c1-20-14(19)12-4-2-3-7-17(12)13(18)9-5-6-11(16)10(15)8-9/h5-6,8,12H,2-4,7H2,1H3. The molecule has 108 valence electrons.